The van der Waals surface area contributed by atoms with E-state index >= 15 is 0 Å². The fraction of sp³-hybridized carbons (Fsp3) is 0.833. The van der Waals surface area contributed by atoms with Gasteiger partial charge in [-0.3, -0.25) is 23.4 Å². The summed E-state index contributed by atoms with van der Waals surface area (Å²) in [5.74, 6) is -3.08. The largest absolute Gasteiger partial charge is 0.480 e. The minimum atomic E-state index is -4.78. The number of ether oxygens (including phenoxy) is 2. The van der Waals surface area contributed by atoms with Crippen molar-refractivity contribution in [2.75, 3.05) is 19.8 Å². The van der Waals surface area contributed by atoms with E-state index < -0.39 is 76.0 Å². The number of aliphatic hydroxyl groups excluding tert-OH is 3. The molecule has 0 heterocycles. The van der Waals surface area contributed by atoms with Crippen LogP contribution in [0.1, 0.15) is 162 Å². The summed E-state index contributed by atoms with van der Waals surface area (Å²) in [7, 11) is -4.78. The van der Waals surface area contributed by atoms with Crippen molar-refractivity contribution < 1.29 is 62.8 Å². The van der Waals surface area contributed by atoms with E-state index in [1.165, 1.54) is 57.8 Å². The Morgan fingerprint density at radius 2 is 1.32 bits per heavy atom. The molecule has 1 rings (SSSR count). The molecular weight excluding hydrogens is 757 g/mol. The molecule has 0 aromatic rings. The van der Waals surface area contributed by atoms with Crippen LogP contribution in [0.2, 0.25) is 0 Å². The van der Waals surface area contributed by atoms with Gasteiger partial charge in [-0.25, -0.2) is 4.57 Å². The molecule has 0 aromatic carbocycles. The predicted molar refractivity (Wildman–Crippen MR) is 219 cm³/mol. The first-order valence-electron chi connectivity index (χ1n) is 21.6. The van der Waals surface area contributed by atoms with Crippen LogP contribution < -0.4 is 5.73 Å². The van der Waals surface area contributed by atoms with Crippen molar-refractivity contribution >= 4 is 25.7 Å². The second kappa shape index (κ2) is 32.7. The van der Waals surface area contributed by atoms with Crippen LogP contribution in [0.5, 0.6) is 0 Å². The van der Waals surface area contributed by atoms with Crippen molar-refractivity contribution in [1.29, 1.82) is 0 Å². The summed E-state index contributed by atoms with van der Waals surface area (Å²) < 4.78 is 32.6. The van der Waals surface area contributed by atoms with Crippen molar-refractivity contribution in [3.63, 3.8) is 0 Å². The highest BCUT2D eigenvalue weighted by atomic mass is 31.2. The maximum absolute atomic E-state index is 12.7. The maximum Gasteiger partial charge on any atom is 0.472 e. The molecule has 8 atom stereocenters. The third kappa shape index (κ3) is 27.3. The second-order valence-corrected chi connectivity index (χ2v) is 16.9. The molecule has 0 bridgehead atoms. The average molecular weight is 834 g/mol. The van der Waals surface area contributed by atoms with Crippen molar-refractivity contribution in [1.82, 2.24) is 0 Å². The number of carboxylic acids is 1. The fourth-order valence-corrected chi connectivity index (χ4v) is 7.54. The van der Waals surface area contributed by atoms with E-state index in [1.807, 2.05) is 18.2 Å². The molecule has 7 N–H and O–H groups in total. The normalized spacial score (nSPS) is 21.1. The van der Waals surface area contributed by atoms with Gasteiger partial charge in [-0.05, 0) is 38.0 Å². The molecule has 8 unspecified atom stereocenters. The minimum absolute atomic E-state index is 0.0133. The SMILES string of the molecule is CCCCCCCCCCCCCCCC(=O)OCC(COP(=O)(O)OCC(N)C(=O)O)OC(=O)CCC/C=C\CC1C(O)CC(O)C1/C=C/C(O)CCCCC. The molecule has 332 valence electrons. The third-order valence-electron chi connectivity index (χ3n) is 10.3. The molecule has 0 aliphatic heterocycles. The van der Waals surface area contributed by atoms with Crippen molar-refractivity contribution in [2.24, 2.45) is 17.6 Å². The number of aliphatic carboxylic acids is 1. The van der Waals surface area contributed by atoms with Crippen LogP contribution in [-0.2, 0) is 37.5 Å². The molecule has 14 nitrogen and oxygen atoms in total. The zero-order valence-corrected chi connectivity index (χ0v) is 35.7. The second-order valence-electron chi connectivity index (χ2n) is 15.5. The summed E-state index contributed by atoms with van der Waals surface area (Å²) in [6.45, 7) is 2.45. The van der Waals surface area contributed by atoms with Crippen molar-refractivity contribution in [3.05, 3.63) is 24.3 Å². The summed E-state index contributed by atoms with van der Waals surface area (Å²) in [5.41, 5.74) is 5.32. The zero-order valence-electron chi connectivity index (χ0n) is 34.8. The number of allylic oxidation sites excluding steroid dienone is 2. The third-order valence-corrected chi connectivity index (χ3v) is 11.2. The Labute approximate surface area is 341 Å². The molecule has 0 spiro atoms. The molecule has 0 saturated heterocycles. The number of carboxylic acid groups (broad SMARTS) is 1. The average Bonchev–Trinajstić information content (AvgIpc) is 3.44. The Balaban J connectivity index is 2.53. The lowest BCUT2D eigenvalue weighted by Crippen LogP contribution is -2.34. The van der Waals surface area contributed by atoms with Gasteiger partial charge >= 0.3 is 25.7 Å². The van der Waals surface area contributed by atoms with Gasteiger partial charge in [0.05, 0.1) is 31.5 Å². The van der Waals surface area contributed by atoms with Gasteiger partial charge in [0, 0.05) is 25.2 Å². The molecule has 1 aliphatic carbocycles. The first-order chi connectivity index (χ1) is 27.3. The topological polar surface area (TPSA) is 232 Å². The lowest BCUT2D eigenvalue weighted by atomic mass is 9.89. The number of phosphoric ester groups is 1. The Hall–Kier alpha value is -2.16. The first kappa shape index (κ1) is 52.9. The highest BCUT2D eigenvalue weighted by Crippen LogP contribution is 2.43. The van der Waals surface area contributed by atoms with E-state index in [0.717, 1.165) is 38.5 Å². The Morgan fingerprint density at radius 1 is 0.754 bits per heavy atom. The number of aliphatic hydroxyl groups is 3. The van der Waals surface area contributed by atoms with Crippen molar-refractivity contribution in [2.45, 2.75) is 192 Å². The summed E-state index contributed by atoms with van der Waals surface area (Å²) in [4.78, 5) is 46.1. The first-order valence-corrected chi connectivity index (χ1v) is 23.1. The zero-order chi connectivity index (χ0) is 42.3. The fourth-order valence-electron chi connectivity index (χ4n) is 6.76. The molecule has 0 radical (unpaired) electrons. The molecule has 15 heteroatoms. The van der Waals surface area contributed by atoms with Crippen LogP contribution in [-0.4, -0.2) is 93.5 Å². The number of hydrogen-bond donors (Lipinski definition) is 6. The molecule has 0 amide bonds. The summed E-state index contributed by atoms with van der Waals surface area (Å²) in [6, 6.07) is -1.56. The number of phosphoric acid groups is 1. The summed E-state index contributed by atoms with van der Waals surface area (Å²) in [5, 5.41) is 40.2. The molecule has 0 aromatic heterocycles. The molecule has 1 fully saturated rings. The molecule has 1 saturated carbocycles. The van der Waals surface area contributed by atoms with E-state index in [-0.39, 0.29) is 31.1 Å². The van der Waals surface area contributed by atoms with Gasteiger partial charge in [0.2, 0.25) is 0 Å². The monoisotopic (exact) mass is 834 g/mol. The van der Waals surface area contributed by atoms with Crippen LogP contribution in [0, 0.1) is 11.8 Å². The number of carbonyl (C=O) groups excluding carboxylic acids is 2. The highest BCUT2D eigenvalue weighted by Gasteiger charge is 2.39. The van der Waals surface area contributed by atoms with Crippen LogP contribution in [0.3, 0.4) is 0 Å². The minimum Gasteiger partial charge on any atom is -0.480 e. The number of hydrogen-bond acceptors (Lipinski definition) is 12. The Bertz CT molecular complexity index is 1180. The number of unbranched alkanes of at least 4 members (excludes halogenated alkanes) is 15. The van der Waals surface area contributed by atoms with E-state index in [1.54, 1.807) is 6.08 Å². The number of esters is 2. The maximum atomic E-state index is 12.7. The predicted octanol–water partition coefficient (Wildman–Crippen LogP) is 7.44. The Morgan fingerprint density at radius 3 is 1.93 bits per heavy atom. The number of nitrogens with two attached hydrogens (primary N) is 1. The van der Waals surface area contributed by atoms with Gasteiger partial charge in [0.15, 0.2) is 6.10 Å². The van der Waals surface area contributed by atoms with Gasteiger partial charge in [0.1, 0.15) is 12.6 Å². The van der Waals surface area contributed by atoms with Crippen LogP contribution in [0.15, 0.2) is 24.3 Å². The van der Waals surface area contributed by atoms with E-state index in [0.29, 0.717) is 32.1 Å². The molecule has 57 heavy (non-hydrogen) atoms. The molecular formula is C42H76NO13P. The van der Waals surface area contributed by atoms with E-state index in [2.05, 4.69) is 18.4 Å². The van der Waals surface area contributed by atoms with E-state index in [4.69, 9.17) is 24.8 Å². The number of rotatable bonds is 36. The van der Waals surface area contributed by atoms with Crippen molar-refractivity contribution in [3.8, 4) is 0 Å². The van der Waals surface area contributed by atoms with Gasteiger partial charge in [-0.15, -0.1) is 0 Å². The van der Waals surface area contributed by atoms with Gasteiger partial charge in [-0.1, -0.05) is 134 Å². The number of carbonyl (C=O) groups is 3. The summed E-state index contributed by atoms with van der Waals surface area (Å²) in [6.07, 6.45) is 24.8. The van der Waals surface area contributed by atoms with Gasteiger partial charge in [-0.2, -0.15) is 0 Å². The molecule has 1 aliphatic rings. The van der Waals surface area contributed by atoms with Crippen LogP contribution in [0.4, 0.5) is 0 Å². The van der Waals surface area contributed by atoms with Crippen LogP contribution >= 0.6 is 7.82 Å². The van der Waals surface area contributed by atoms with E-state index in [9.17, 15) is 39.2 Å². The standard InChI is InChI=1S/C42H76NO13P/c1-3-5-7-8-9-10-11-12-13-14-15-16-21-25-40(47)53-30-34(31-54-57(51,52)55-32-37(43)42(49)50)56-41(48)26-22-18-17-20-24-35-36(39(46)29-38(35)45)28-27-33(44)23-19-6-4-2/h17,20,27-28,33-39,44-46H,3-16,18-19,21-26,29-32,43H2,1-2H3,(H,49,50)(H,51,52)/b20-17-,28-27+. The quantitative estimate of drug-likeness (QED) is 0.0156. The summed E-state index contributed by atoms with van der Waals surface area (Å²) >= 11 is 0. The van der Waals surface area contributed by atoms with Gasteiger partial charge in [0.25, 0.3) is 0 Å². The highest BCUT2D eigenvalue weighted by molar-refractivity contribution is 7.47. The smallest absolute Gasteiger partial charge is 0.472 e. The lowest BCUT2D eigenvalue weighted by Gasteiger charge is -2.20. The lowest BCUT2D eigenvalue weighted by molar-refractivity contribution is -0.161. The van der Waals surface area contributed by atoms with Crippen LogP contribution in [0.25, 0.3) is 0 Å². The van der Waals surface area contributed by atoms with Gasteiger partial charge < -0.3 is 40.5 Å². The Kier molecular flexibility index (Phi) is 30.3.